The monoisotopic (exact) mass is 578 g/mol. The average molecular weight is 579 g/mol. The van der Waals surface area contributed by atoms with Crippen molar-refractivity contribution in [2.45, 2.75) is 119 Å². The lowest BCUT2D eigenvalue weighted by molar-refractivity contribution is -0.127. The molecule has 1 saturated heterocycles. The van der Waals surface area contributed by atoms with Gasteiger partial charge in [0.25, 0.3) is 0 Å². The van der Waals surface area contributed by atoms with E-state index in [0.717, 1.165) is 51.1 Å². The standard InChI is InChI=1S/C27H41N3O.C10H21N/c1-6-7-8-13-29-25-15-24(10-9-21(25)16-27(4,5)26(29)31)30(23-11-12-23)20(3)22-14-19(2)17-28-18-22;1-5-7-8-10(3,4)9-11-6-2/h9-10,15,19,22-23,28H,3,6-8,11-14,16-18H2,1-2,4-5H3;6,11H,2,5,7-9H2,1,3-4H3/t19-,22+;/m0./s1. The van der Waals surface area contributed by atoms with E-state index in [1.54, 1.807) is 6.20 Å². The molecule has 2 fully saturated rings. The van der Waals surface area contributed by atoms with E-state index in [0.29, 0.717) is 23.3 Å². The Morgan fingerprint density at radius 1 is 1.17 bits per heavy atom. The van der Waals surface area contributed by atoms with E-state index in [1.165, 1.54) is 61.9 Å². The fraction of sp³-hybridized carbons (Fsp3) is 0.703. The molecule has 1 aliphatic carbocycles. The number of rotatable bonds is 14. The van der Waals surface area contributed by atoms with Crippen molar-refractivity contribution in [1.82, 2.24) is 10.6 Å². The summed E-state index contributed by atoms with van der Waals surface area (Å²) in [7, 11) is 0. The lowest BCUT2D eigenvalue weighted by Gasteiger charge is -2.40. The second-order valence-electron chi connectivity index (χ2n) is 14.7. The quantitative estimate of drug-likeness (QED) is 0.217. The SMILES string of the molecule is C=C([C@H]1CNC[C@@H](C)C1)N(c1ccc2c(c1)N(CCCCC)C(=O)C(C)(C)C2)C1CC1.C=CNCC(C)(C)CCCC. The van der Waals surface area contributed by atoms with Gasteiger partial charge in [0.1, 0.15) is 0 Å². The minimum absolute atomic E-state index is 0.273. The summed E-state index contributed by atoms with van der Waals surface area (Å²) in [6.07, 6.45) is 13.6. The van der Waals surface area contributed by atoms with Crippen LogP contribution in [-0.2, 0) is 11.2 Å². The zero-order valence-corrected chi connectivity index (χ0v) is 28.2. The molecule has 2 heterocycles. The number of amides is 1. The number of carbonyl (C=O) groups is 1. The third kappa shape index (κ3) is 9.36. The summed E-state index contributed by atoms with van der Waals surface area (Å²) in [5, 5.41) is 6.75. The molecular formula is C37H62N4O. The summed E-state index contributed by atoms with van der Waals surface area (Å²) < 4.78 is 0. The molecular weight excluding hydrogens is 516 g/mol. The fourth-order valence-electron chi connectivity index (χ4n) is 6.51. The topological polar surface area (TPSA) is 47.6 Å². The molecule has 1 aromatic carbocycles. The van der Waals surface area contributed by atoms with Crippen LogP contribution >= 0.6 is 0 Å². The summed E-state index contributed by atoms with van der Waals surface area (Å²) in [6.45, 7) is 27.7. The molecule has 4 rings (SSSR count). The number of hydrogen-bond acceptors (Lipinski definition) is 4. The Morgan fingerprint density at radius 2 is 1.88 bits per heavy atom. The smallest absolute Gasteiger partial charge is 0.232 e. The first-order chi connectivity index (χ1) is 19.9. The van der Waals surface area contributed by atoms with E-state index < -0.39 is 0 Å². The van der Waals surface area contributed by atoms with Gasteiger partial charge >= 0.3 is 0 Å². The van der Waals surface area contributed by atoms with Crippen LogP contribution in [0.15, 0.2) is 43.3 Å². The van der Waals surface area contributed by atoms with Crippen molar-refractivity contribution in [2.75, 3.05) is 36.0 Å². The molecule has 1 aromatic rings. The highest BCUT2D eigenvalue weighted by Gasteiger charge is 2.40. The first-order valence-electron chi connectivity index (χ1n) is 16.9. The van der Waals surface area contributed by atoms with Gasteiger partial charge in [0, 0.05) is 54.1 Å². The molecule has 0 bridgehead atoms. The highest BCUT2D eigenvalue weighted by molar-refractivity contribution is 6.00. The summed E-state index contributed by atoms with van der Waals surface area (Å²) in [5.41, 5.74) is 5.00. The van der Waals surface area contributed by atoms with Gasteiger partial charge in [-0.2, -0.15) is 0 Å². The van der Waals surface area contributed by atoms with Crippen LogP contribution in [0.2, 0.25) is 0 Å². The number of nitrogens with one attached hydrogen (secondary N) is 2. The molecule has 2 atom stereocenters. The zero-order chi connectivity index (χ0) is 30.9. The Kier molecular flexibility index (Phi) is 12.6. The van der Waals surface area contributed by atoms with Crippen molar-refractivity contribution in [2.24, 2.45) is 22.7 Å². The zero-order valence-electron chi connectivity index (χ0n) is 28.2. The number of piperidine rings is 1. The maximum Gasteiger partial charge on any atom is 0.232 e. The van der Waals surface area contributed by atoms with Crippen molar-refractivity contribution >= 4 is 17.3 Å². The van der Waals surface area contributed by atoms with Crippen LogP contribution in [0.4, 0.5) is 11.4 Å². The number of carbonyl (C=O) groups excluding carboxylic acids is 1. The number of anilines is 2. The third-order valence-electron chi connectivity index (χ3n) is 9.27. The number of hydrogen-bond donors (Lipinski definition) is 2. The van der Waals surface area contributed by atoms with Crippen LogP contribution in [0, 0.1) is 22.7 Å². The fourth-order valence-corrected chi connectivity index (χ4v) is 6.51. The van der Waals surface area contributed by atoms with Crippen molar-refractivity contribution in [3.05, 3.63) is 48.8 Å². The van der Waals surface area contributed by atoms with Crippen molar-refractivity contribution < 1.29 is 4.79 Å². The molecule has 1 saturated carbocycles. The van der Waals surface area contributed by atoms with Gasteiger partial charge in [0.2, 0.25) is 5.91 Å². The van der Waals surface area contributed by atoms with Crippen LogP contribution in [0.25, 0.3) is 0 Å². The molecule has 5 heteroatoms. The van der Waals surface area contributed by atoms with Gasteiger partial charge in [-0.25, -0.2) is 0 Å². The highest BCUT2D eigenvalue weighted by Crippen LogP contribution is 2.43. The predicted molar refractivity (Wildman–Crippen MR) is 182 cm³/mol. The number of benzene rings is 1. The second kappa shape index (κ2) is 15.5. The van der Waals surface area contributed by atoms with Crippen LogP contribution in [0.5, 0.6) is 0 Å². The average Bonchev–Trinajstić information content (AvgIpc) is 3.79. The first-order valence-corrected chi connectivity index (χ1v) is 16.9. The lowest BCUT2D eigenvalue weighted by Crippen LogP contribution is -2.47. The molecule has 1 amide bonds. The van der Waals surface area contributed by atoms with E-state index >= 15 is 0 Å². The molecule has 2 aliphatic heterocycles. The van der Waals surface area contributed by atoms with Crippen molar-refractivity contribution in [3.8, 4) is 0 Å². The van der Waals surface area contributed by atoms with Crippen molar-refractivity contribution in [1.29, 1.82) is 0 Å². The Bertz CT molecular complexity index is 1040. The molecule has 0 aromatic heterocycles. The molecule has 3 aliphatic rings. The summed E-state index contributed by atoms with van der Waals surface area (Å²) in [6, 6.07) is 7.40. The van der Waals surface area contributed by atoms with Gasteiger partial charge in [-0.15, -0.1) is 0 Å². The third-order valence-corrected chi connectivity index (χ3v) is 9.27. The van der Waals surface area contributed by atoms with Crippen molar-refractivity contribution in [3.63, 3.8) is 0 Å². The van der Waals surface area contributed by atoms with Crippen LogP contribution in [0.3, 0.4) is 0 Å². The van der Waals surface area contributed by atoms with Crippen LogP contribution in [-0.4, -0.2) is 38.1 Å². The largest absolute Gasteiger partial charge is 0.391 e. The summed E-state index contributed by atoms with van der Waals surface area (Å²) in [5.74, 6) is 1.45. The van der Waals surface area contributed by atoms with Gasteiger partial charge < -0.3 is 20.4 Å². The van der Waals surface area contributed by atoms with E-state index in [4.69, 9.17) is 0 Å². The molecule has 2 N–H and O–H groups in total. The minimum Gasteiger partial charge on any atom is -0.391 e. The minimum atomic E-state index is -0.329. The Balaban J connectivity index is 0.000000375. The Labute approximate surface area is 258 Å². The molecule has 236 valence electrons. The van der Waals surface area contributed by atoms with E-state index in [9.17, 15) is 4.79 Å². The van der Waals surface area contributed by atoms with Crippen LogP contribution < -0.4 is 20.4 Å². The first kappa shape index (κ1) is 34.2. The number of unbranched alkanes of at least 4 members (excludes halogenated alkanes) is 3. The maximum atomic E-state index is 13.3. The van der Waals surface area contributed by atoms with E-state index in [2.05, 4.69) is 100 Å². The molecule has 42 heavy (non-hydrogen) atoms. The van der Waals surface area contributed by atoms with Gasteiger partial charge in [-0.05, 0) is 80.3 Å². The second-order valence-corrected chi connectivity index (χ2v) is 14.7. The predicted octanol–water partition coefficient (Wildman–Crippen LogP) is 8.46. The van der Waals surface area contributed by atoms with Gasteiger partial charge in [-0.1, -0.05) is 93.4 Å². The Hall–Kier alpha value is -2.27. The maximum absolute atomic E-state index is 13.3. The molecule has 0 unspecified atom stereocenters. The molecule has 0 spiro atoms. The molecule has 5 nitrogen and oxygen atoms in total. The Morgan fingerprint density at radius 3 is 2.50 bits per heavy atom. The van der Waals surface area contributed by atoms with E-state index in [1.807, 2.05) is 0 Å². The van der Waals surface area contributed by atoms with Gasteiger partial charge in [-0.3, -0.25) is 4.79 Å². The molecule has 0 radical (unpaired) electrons. The van der Waals surface area contributed by atoms with Gasteiger partial charge in [0.15, 0.2) is 0 Å². The highest BCUT2D eigenvalue weighted by atomic mass is 16.2. The van der Waals surface area contributed by atoms with Gasteiger partial charge in [0.05, 0.1) is 0 Å². The number of fused-ring (bicyclic) bond motifs is 1. The number of nitrogens with zero attached hydrogens (tertiary/aromatic N) is 2. The normalized spacial score (nSPS) is 21.6. The lowest BCUT2D eigenvalue weighted by atomic mass is 9.80. The summed E-state index contributed by atoms with van der Waals surface area (Å²) >= 11 is 0. The summed E-state index contributed by atoms with van der Waals surface area (Å²) in [4.78, 5) is 17.9. The van der Waals surface area contributed by atoms with E-state index in [-0.39, 0.29) is 11.3 Å². The van der Waals surface area contributed by atoms with Crippen LogP contribution in [0.1, 0.15) is 112 Å².